The topological polar surface area (TPSA) is 27.7 Å². The molecule has 0 unspecified atom stereocenters. The van der Waals surface area contributed by atoms with Crippen LogP contribution in [0.15, 0.2) is 36.4 Å². The van der Waals surface area contributed by atoms with Crippen molar-refractivity contribution in [2.24, 2.45) is 0 Å². The molecule has 0 aliphatic carbocycles. The molecule has 0 N–H and O–H groups in total. The third-order valence-electron chi connectivity index (χ3n) is 4.86. The second kappa shape index (κ2) is 6.84. The van der Waals surface area contributed by atoms with Gasteiger partial charge in [-0.3, -0.25) is 0 Å². The molecule has 0 aromatic heterocycles. The van der Waals surface area contributed by atoms with E-state index in [-0.39, 0.29) is 12.4 Å². The third kappa shape index (κ3) is 3.73. The normalized spacial score (nSPS) is 18.2. The van der Waals surface area contributed by atoms with Gasteiger partial charge in [0.05, 0.1) is 16.2 Å². The number of hydrogen-bond acceptors (Lipinski definition) is 3. The monoisotopic (exact) mass is 380 g/mol. The van der Waals surface area contributed by atoms with Gasteiger partial charge in [0.2, 0.25) is 0 Å². The summed E-state index contributed by atoms with van der Waals surface area (Å²) in [7, 11) is -0.808. The van der Waals surface area contributed by atoms with Crippen molar-refractivity contribution in [1.29, 1.82) is 0 Å². The molecule has 3 rings (SSSR count). The van der Waals surface area contributed by atoms with E-state index in [0.717, 1.165) is 0 Å². The van der Waals surface area contributed by atoms with Gasteiger partial charge >= 0.3 is 7.12 Å². The van der Waals surface area contributed by atoms with Crippen LogP contribution < -0.4 is 10.2 Å². The SMILES string of the molecule is CC1(C)OB(c2cc(COc3cc(F)ccc3Cl)ccc2F)OC1(C)C. The highest BCUT2D eigenvalue weighted by atomic mass is 35.5. The Balaban J connectivity index is 1.79. The summed E-state index contributed by atoms with van der Waals surface area (Å²) in [5.41, 5.74) is -0.135. The van der Waals surface area contributed by atoms with Gasteiger partial charge in [-0.05, 0) is 51.5 Å². The Kier molecular flexibility index (Phi) is 5.03. The number of halogens is 3. The molecule has 0 saturated carbocycles. The molecule has 1 heterocycles. The first-order chi connectivity index (χ1) is 12.1. The lowest BCUT2D eigenvalue weighted by Gasteiger charge is -2.32. The van der Waals surface area contributed by atoms with Gasteiger partial charge in [-0.1, -0.05) is 23.7 Å². The fourth-order valence-electron chi connectivity index (χ4n) is 2.58. The van der Waals surface area contributed by atoms with Gasteiger partial charge < -0.3 is 14.0 Å². The van der Waals surface area contributed by atoms with Crippen LogP contribution in [0.2, 0.25) is 5.02 Å². The lowest BCUT2D eigenvalue weighted by molar-refractivity contribution is 0.00578. The Morgan fingerprint density at radius 3 is 2.31 bits per heavy atom. The molecular formula is C19H20BClF2O3. The quantitative estimate of drug-likeness (QED) is 0.731. The molecule has 0 spiro atoms. The average Bonchev–Trinajstić information content (AvgIpc) is 2.77. The summed E-state index contributed by atoms with van der Waals surface area (Å²) >= 11 is 5.99. The molecule has 0 amide bonds. The Labute approximate surface area is 157 Å². The van der Waals surface area contributed by atoms with Crippen molar-refractivity contribution in [3.05, 3.63) is 58.6 Å². The van der Waals surface area contributed by atoms with Gasteiger partial charge in [0.1, 0.15) is 24.0 Å². The third-order valence-corrected chi connectivity index (χ3v) is 5.17. The fourth-order valence-corrected chi connectivity index (χ4v) is 2.75. The average molecular weight is 381 g/mol. The number of benzene rings is 2. The lowest BCUT2D eigenvalue weighted by Crippen LogP contribution is -2.41. The Morgan fingerprint density at radius 2 is 1.65 bits per heavy atom. The van der Waals surface area contributed by atoms with Crippen LogP contribution >= 0.6 is 11.6 Å². The Hall–Kier alpha value is -1.63. The van der Waals surface area contributed by atoms with E-state index in [2.05, 4.69) is 0 Å². The van der Waals surface area contributed by atoms with Crippen LogP contribution in [-0.2, 0) is 15.9 Å². The smallest absolute Gasteiger partial charge is 0.487 e. The molecule has 0 radical (unpaired) electrons. The molecule has 1 saturated heterocycles. The molecule has 3 nitrogen and oxygen atoms in total. The van der Waals surface area contributed by atoms with Crippen molar-refractivity contribution >= 4 is 24.2 Å². The summed E-state index contributed by atoms with van der Waals surface area (Å²) in [6.07, 6.45) is 0. The standard InChI is InChI=1S/C19H20BClF2O3/c1-18(2)19(3,4)26-20(25-18)14-9-12(5-8-16(14)23)11-24-17-10-13(22)6-7-15(17)21/h5-10H,11H2,1-4H3. The molecule has 7 heteroatoms. The van der Waals surface area contributed by atoms with Gasteiger partial charge in [0, 0.05) is 11.5 Å². The molecule has 26 heavy (non-hydrogen) atoms. The van der Waals surface area contributed by atoms with E-state index < -0.39 is 30.0 Å². The van der Waals surface area contributed by atoms with Gasteiger partial charge in [-0.2, -0.15) is 0 Å². The fraction of sp³-hybridized carbons (Fsp3) is 0.368. The van der Waals surface area contributed by atoms with Crippen LogP contribution in [0.4, 0.5) is 8.78 Å². The summed E-state index contributed by atoms with van der Waals surface area (Å²) in [5, 5.41) is 0.305. The lowest BCUT2D eigenvalue weighted by atomic mass is 9.78. The molecule has 0 atom stereocenters. The van der Waals surface area contributed by atoms with Gasteiger partial charge in [0.15, 0.2) is 0 Å². The van der Waals surface area contributed by atoms with E-state index in [4.69, 9.17) is 25.6 Å². The first kappa shape index (κ1) is 19.1. The van der Waals surface area contributed by atoms with Crippen LogP contribution in [0.5, 0.6) is 5.75 Å². The van der Waals surface area contributed by atoms with Crippen molar-refractivity contribution in [1.82, 2.24) is 0 Å². The van der Waals surface area contributed by atoms with Gasteiger partial charge in [-0.25, -0.2) is 8.78 Å². The first-order valence-electron chi connectivity index (χ1n) is 8.31. The minimum atomic E-state index is -0.808. The second-order valence-corrected chi connectivity index (χ2v) is 7.71. The molecule has 1 fully saturated rings. The zero-order chi connectivity index (χ0) is 19.1. The van der Waals surface area contributed by atoms with E-state index in [0.29, 0.717) is 16.0 Å². The second-order valence-electron chi connectivity index (χ2n) is 7.31. The molecule has 1 aliphatic heterocycles. The van der Waals surface area contributed by atoms with Gasteiger partial charge in [-0.15, -0.1) is 0 Å². The summed E-state index contributed by atoms with van der Waals surface area (Å²) < 4.78 is 45.0. The number of hydrogen-bond donors (Lipinski definition) is 0. The molecule has 2 aromatic rings. The highest BCUT2D eigenvalue weighted by Gasteiger charge is 2.52. The molecule has 138 valence electrons. The molecule has 2 aromatic carbocycles. The highest BCUT2D eigenvalue weighted by molar-refractivity contribution is 6.62. The summed E-state index contributed by atoms with van der Waals surface area (Å²) in [5.74, 6) is -0.634. The summed E-state index contributed by atoms with van der Waals surface area (Å²) in [6.45, 7) is 7.73. The summed E-state index contributed by atoms with van der Waals surface area (Å²) in [4.78, 5) is 0. The number of ether oxygens (including phenoxy) is 1. The molecular weight excluding hydrogens is 360 g/mol. The van der Waals surface area contributed by atoms with E-state index in [1.165, 1.54) is 24.3 Å². The highest BCUT2D eigenvalue weighted by Crippen LogP contribution is 2.36. The Bertz CT molecular complexity index is 810. The van der Waals surface area contributed by atoms with Crippen molar-refractivity contribution < 1.29 is 22.8 Å². The Morgan fingerprint density at radius 1 is 1.00 bits per heavy atom. The minimum absolute atomic E-state index is 0.107. The predicted molar refractivity (Wildman–Crippen MR) is 97.9 cm³/mol. The molecule has 1 aliphatic rings. The van der Waals surface area contributed by atoms with Crippen LogP contribution in [-0.4, -0.2) is 18.3 Å². The van der Waals surface area contributed by atoms with E-state index in [1.807, 2.05) is 27.7 Å². The maximum atomic E-state index is 14.3. The zero-order valence-electron chi connectivity index (χ0n) is 15.1. The van der Waals surface area contributed by atoms with Crippen LogP contribution in [0, 0.1) is 11.6 Å². The van der Waals surface area contributed by atoms with Crippen molar-refractivity contribution in [3.63, 3.8) is 0 Å². The number of rotatable bonds is 4. The summed E-state index contributed by atoms with van der Waals surface area (Å²) in [6, 6.07) is 8.45. The molecule has 0 bridgehead atoms. The zero-order valence-corrected chi connectivity index (χ0v) is 15.9. The van der Waals surface area contributed by atoms with Crippen LogP contribution in [0.3, 0.4) is 0 Å². The van der Waals surface area contributed by atoms with Crippen LogP contribution in [0.1, 0.15) is 33.3 Å². The van der Waals surface area contributed by atoms with E-state index >= 15 is 0 Å². The largest absolute Gasteiger partial charge is 0.497 e. The maximum Gasteiger partial charge on any atom is 0.497 e. The van der Waals surface area contributed by atoms with E-state index in [9.17, 15) is 8.78 Å². The van der Waals surface area contributed by atoms with E-state index in [1.54, 1.807) is 12.1 Å². The van der Waals surface area contributed by atoms with Crippen LogP contribution in [0.25, 0.3) is 0 Å². The minimum Gasteiger partial charge on any atom is -0.487 e. The van der Waals surface area contributed by atoms with Crippen molar-refractivity contribution in [2.45, 2.75) is 45.5 Å². The van der Waals surface area contributed by atoms with Crippen molar-refractivity contribution in [3.8, 4) is 5.75 Å². The predicted octanol–water partition coefficient (Wildman–Crippen LogP) is 4.50. The first-order valence-corrected chi connectivity index (χ1v) is 8.69. The van der Waals surface area contributed by atoms with Crippen molar-refractivity contribution in [2.75, 3.05) is 0 Å². The maximum absolute atomic E-state index is 14.3. The van der Waals surface area contributed by atoms with Gasteiger partial charge in [0.25, 0.3) is 0 Å².